The topological polar surface area (TPSA) is 33.6 Å². The number of ether oxygens (including phenoxy) is 1. The summed E-state index contributed by atoms with van der Waals surface area (Å²) in [6, 6.07) is 4.70. The van der Waals surface area contributed by atoms with Crippen LogP contribution in [0.5, 0.6) is 5.75 Å². The smallest absolute Gasteiger partial charge is 0.165 e. The number of rotatable bonds is 3. The minimum Gasteiger partial charge on any atom is -0.494 e. The maximum Gasteiger partial charge on any atom is 0.165 e. The highest BCUT2D eigenvalue weighted by atomic mass is 32.2. The lowest BCUT2D eigenvalue weighted by Gasteiger charge is -2.09. The molecule has 1 unspecified atom stereocenters. The Bertz CT molecular complexity index is 437. The van der Waals surface area contributed by atoms with Gasteiger partial charge in [-0.1, -0.05) is 18.7 Å². The Labute approximate surface area is 104 Å². The molecule has 1 aliphatic heterocycles. The van der Waals surface area contributed by atoms with E-state index in [-0.39, 0.29) is 11.6 Å². The molecule has 1 N–H and O–H groups in total. The van der Waals surface area contributed by atoms with Gasteiger partial charge in [-0.15, -0.1) is 0 Å². The quantitative estimate of drug-likeness (QED) is 0.899. The summed E-state index contributed by atoms with van der Waals surface area (Å²) in [6.07, 6.45) is 1.10. The van der Waals surface area contributed by atoms with E-state index in [1.54, 1.807) is 23.9 Å². The van der Waals surface area contributed by atoms with Gasteiger partial charge >= 0.3 is 0 Å². The van der Waals surface area contributed by atoms with Gasteiger partial charge < -0.3 is 10.1 Å². The maximum atomic E-state index is 13.2. The molecule has 0 spiro atoms. The number of hydrogen-bond donors (Lipinski definition) is 1. The van der Waals surface area contributed by atoms with Crippen molar-refractivity contribution in [1.29, 1.82) is 0 Å². The molecule has 2 rings (SSSR count). The van der Waals surface area contributed by atoms with Gasteiger partial charge in [0.1, 0.15) is 0 Å². The summed E-state index contributed by atoms with van der Waals surface area (Å²) < 4.78 is 18.1. The first kappa shape index (κ1) is 12.2. The standard InChI is InChI=1S/C12H15FN2OS/c1-3-9-7-14-12(17-9)15-8-4-5-10(13)11(6-8)16-2/h4-6,9H,3,7H2,1-2H3,(H,14,15). The summed E-state index contributed by atoms with van der Waals surface area (Å²) in [5.74, 6) is -0.115. The van der Waals surface area contributed by atoms with E-state index >= 15 is 0 Å². The Morgan fingerprint density at radius 3 is 3.06 bits per heavy atom. The fraction of sp³-hybridized carbons (Fsp3) is 0.417. The zero-order valence-electron chi connectivity index (χ0n) is 9.87. The van der Waals surface area contributed by atoms with Crippen LogP contribution in [0.25, 0.3) is 0 Å². The van der Waals surface area contributed by atoms with Crippen molar-refractivity contribution in [3.05, 3.63) is 24.0 Å². The molecule has 3 nitrogen and oxygen atoms in total. The van der Waals surface area contributed by atoms with Crippen molar-refractivity contribution in [2.45, 2.75) is 18.6 Å². The van der Waals surface area contributed by atoms with Crippen molar-refractivity contribution in [2.24, 2.45) is 4.99 Å². The number of methoxy groups -OCH3 is 1. The first-order valence-corrected chi connectivity index (χ1v) is 6.42. The number of amidine groups is 1. The molecule has 1 atom stereocenters. The number of thioether (sulfide) groups is 1. The third-order valence-corrected chi connectivity index (χ3v) is 3.84. The summed E-state index contributed by atoms with van der Waals surface area (Å²) in [5.41, 5.74) is 0.797. The van der Waals surface area contributed by atoms with Crippen molar-refractivity contribution >= 4 is 22.6 Å². The van der Waals surface area contributed by atoms with Gasteiger partial charge in [-0.2, -0.15) is 0 Å². The van der Waals surface area contributed by atoms with Crippen LogP contribution in [-0.2, 0) is 0 Å². The lowest BCUT2D eigenvalue weighted by atomic mass is 10.3. The molecule has 1 heterocycles. The zero-order valence-corrected chi connectivity index (χ0v) is 10.7. The Kier molecular flexibility index (Phi) is 3.89. The van der Waals surface area contributed by atoms with E-state index in [2.05, 4.69) is 17.2 Å². The van der Waals surface area contributed by atoms with Gasteiger partial charge in [0.05, 0.1) is 13.7 Å². The fourth-order valence-corrected chi connectivity index (χ4v) is 2.52. The summed E-state index contributed by atoms with van der Waals surface area (Å²) in [6.45, 7) is 3.00. The van der Waals surface area contributed by atoms with Crippen LogP contribution in [0.15, 0.2) is 23.2 Å². The van der Waals surface area contributed by atoms with Crippen molar-refractivity contribution in [3.63, 3.8) is 0 Å². The molecule has 0 saturated heterocycles. The summed E-state index contributed by atoms with van der Waals surface area (Å²) in [5, 5.41) is 4.62. The van der Waals surface area contributed by atoms with Crippen LogP contribution in [0, 0.1) is 5.82 Å². The molecule has 92 valence electrons. The second kappa shape index (κ2) is 5.40. The van der Waals surface area contributed by atoms with E-state index < -0.39 is 0 Å². The van der Waals surface area contributed by atoms with E-state index in [0.717, 1.165) is 23.8 Å². The molecule has 0 aromatic heterocycles. The van der Waals surface area contributed by atoms with E-state index in [9.17, 15) is 4.39 Å². The van der Waals surface area contributed by atoms with Crippen molar-refractivity contribution in [1.82, 2.24) is 0 Å². The maximum absolute atomic E-state index is 13.2. The third kappa shape index (κ3) is 2.91. The van der Waals surface area contributed by atoms with Crippen LogP contribution < -0.4 is 10.1 Å². The lowest BCUT2D eigenvalue weighted by molar-refractivity contribution is 0.387. The van der Waals surface area contributed by atoms with Crippen LogP contribution in [-0.4, -0.2) is 24.1 Å². The lowest BCUT2D eigenvalue weighted by Crippen LogP contribution is -2.07. The highest BCUT2D eigenvalue weighted by Crippen LogP contribution is 2.27. The molecule has 0 amide bonds. The normalized spacial score (nSPS) is 19.0. The second-order valence-electron chi connectivity index (χ2n) is 3.77. The van der Waals surface area contributed by atoms with E-state index in [4.69, 9.17) is 4.74 Å². The Morgan fingerprint density at radius 2 is 2.41 bits per heavy atom. The average molecular weight is 254 g/mol. The van der Waals surface area contributed by atoms with Crippen LogP contribution in [0.1, 0.15) is 13.3 Å². The molecule has 5 heteroatoms. The molecule has 0 saturated carbocycles. The van der Waals surface area contributed by atoms with Gasteiger partial charge in [0.25, 0.3) is 0 Å². The average Bonchev–Trinajstić information content (AvgIpc) is 2.79. The van der Waals surface area contributed by atoms with Gasteiger partial charge in [-0.3, -0.25) is 4.99 Å². The summed E-state index contributed by atoms with van der Waals surface area (Å²) >= 11 is 1.73. The fourth-order valence-electron chi connectivity index (χ4n) is 1.56. The minimum atomic E-state index is -0.356. The molecule has 17 heavy (non-hydrogen) atoms. The number of nitrogens with zero attached hydrogens (tertiary/aromatic N) is 1. The number of benzene rings is 1. The number of aliphatic imine (C=N–C) groups is 1. The van der Waals surface area contributed by atoms with E-state index in [1.807, 2.05) is 0 Å². The molecule has 1 aliphatic rings. The van der Waals surface area contributed by atoms with Gasteiger partial charge in [-0.25, -0.2) is 4.39 Å². The highest BCUT2D eigenvalue weighted by Gasteiger charge is 2.17. The van der Waals surface area contributed by atoms with Gasteiger partial charge in [-0.05, 0) is 18.6 Å². The molecule has 0 radical (unpaired) electrons. The van der Waals surface area contributed by atoms with Crippen molar-refractivity contribution in [3.8, 4) is 5.75 Å². The van der Waals surface area contributed by atoms with Crippen LogP contribution >= 0.6 is 11.8 Å². The summed E-state index contributed by atoms with van der Waals surface area (Å²) in [7, 11) is 1.46. The predicted octanol–water partition coefficient (Wildman–Crippen LogP) is 3.13. The molecular formula is C12H15FN2OS. The first-order chi connectivity index (χ1) is 8.22. The van der Waals surface area contributed by atoms with Crippen molar-refractivity contribution < 1.29 is 9.13 Å². The number of nitrogens with one attached hydrogen (secondary N) is 1. The van der Waals surface area contributed by atoms with Gasteiger partial charge in [0.15, 0.2) is 16.7 Å². The van der Waals surface area contributed by atoms with Gasteiger partial charge in [0, 0.05) is 17.0 Å². The predicted molar refractivity (Wildman–Crippen MR) is 70.5 cm³/mol. The van der Waals surface area contributed by atoms with Gasteiger partial charge in [0.2, 0.25) is 0 Å². The number of anilines is 1. The Hall–Kier alpha value is -1.23. The monoisotopic (exact) mass is 254 g/mol. The molecule has 0 aliphatic carbocycles. The zero-order chi connectivity index (χ0) is 12.3. The molecule has 0 fully saturated rings. The Morgan fingerprint density at radius 1 is 1.59 bits per heavy atom. The molecule has 0 bridgehead atoms. The minimum absolute atomic E-state index is 0.241. The number of hydrogen-bond acceptors (Lipinski definition) is 4. The van der Waals surface area contributed by atoms with Crippen molar-refractivity contribution in [2.75, 3.05) is 19.0 Å². The molecule has 1 aromatic carbocycles. The second-order valence-corrected chi connectivity index (χ2v) is 5.06. The molecular weight excluding hydrogens is 239 g/mol. The highest BCUT2D eigenvalue weighted by molar-refractivity contribution is 8.15. The third-order valence-electron chi connectivity index (χ3n) is 2.57. The molecule has 1 aromatic rings. The van der Waals surface area contributed by atoms with Crippen LogP contribution in [0.3, 0.4) is 0 Å². The van der Waals surface area contributed by atoms with Crippen LogP contribution in [0.2, 0.25) is 0 Å². The largest absolute Gasteiger partial charge is 0.494 e. The Balaban J connectivity index is 2.04. The summed E-state index contributed by atoms with van der Waals surface area (Å²) in [4.78, 5) is 4.40. The first-order valence-electron chi connectivity index (χ1n) is 5.54. The number of halogens is 1. The SMILES string of the molecule is CCC1CN=C(Nc2ccc(F)c(OC)c2)S1. The van der Waals surface area contributed by atoms with E-state index in [1.165, 1.54) is 13.2 Å². The van der Waals surface area contributed by atoms with Crippen LogP contribution in [0.4, 0.5) is 10.1 Å². The van der Waals surface area contributed by atoms with E-state index in [0.29, 0.717) is 5.25 Å².